The molecule has 1 atom stereocenters. The number of halogens is 1. The monoisotopic (exact) mass is 467 g/mol. The van der Waals surface area contributed by atoms with Crippen LogP contribution in [0.5, 0.6) is 5.75 Å². The van der Waals surface area contributed by atoms with Crippen molar-refractivity contribution < 1.29 is 17.9 Å². The molecule has 0 bridgehead atoms. The minimum atomic E-state index is -3.73. The number of methoxy groups -OCH3 is 1. The molecule has 1 unspecified atom stereocenters. The number of anilines is 1. The zero-order valence-corrected chi connectivity index (χ0v) is 20.6. The molecule has 0 saturated carbocycles. The van der Waals surface area contributed by atoms with Crippen LogP contribution in [0.4, 0.5) is 5.69 Å². The standard InChI is InChI=1S/C22H30ClN3O4S/c1-14-10-17(11-15(2)21(14)30-7)13-26(6)16(3)22(27)24-18-8-9-19(23)20(12-18)31(28,29)25(4)5/h8-12,16H,13H2,1-7H3,(H,24,27). The second-order valence-corrected chi connectivity index (χ2v) is 10.3. The third kappa shape index (κ3) is 5.77. The third-order valence-electron chi connectivity index (χ3n) is 5.15. The number of nitrogens with zero attached hydrogens (tertiary/aromatic N) is 2. The SMILES string of the molecule is COc1c(C)cc(CN(C)C(C)C(=O)Nc2ccc(Cl)c(S(=O)(=O)N(C)C)c2)cc1C. The van der Waals surface area contributed by atoms with Gasteiger partial charge in [-0.05, 0) is 62.7 Å². The van der Waals surface area contributed by atoms with Crippen LogP contribution in [0.2, 0.25) is 5.02 Å². The molecule has 0 spiro atoms. The predicted octanol–water partition coefficient (Wildman–Crippen LogP) is 3.67. The average molecular weight is 468 g/mol. The molecule has 0 fully saturated rings. The van der Waals surface area contributed by atoms with Gasteiger partial charge in [0.1, 0.15) is 10.6 Å². The van der Waals surface area contributed by atoms with Crippen LogP contribution in [0, 0.1) is 13.8 Å². The number of rotatable bonds is 8. The van der Waals surface area contributed by atoms with Crippen LogP contribution < -0.4 is 10.1 Å². The lowest BCUT2D eigenvalue weighted by atomic mass is 10.0. The van der Waals surface area contributed by atoms with Crippen LogP contribution in [-0.4, -0.2) is 57.8 Å². The molecular weight excluding hydrogens is 438 g/mol. The third-order valence-corrected chi connectivity index (χ3v) is 7.45. The molecule has 0 radical (unpaired) electrons. The van der Waals surface area contributed by atoms with Crippen molar-refractivity contribution in [2.45, 2.75) is 38.3 Å². The van der Waals surface area contributed by atoms with Crippen molar-refractivity contribution in [2.24, 2.45) is 0 Å². The van der Waals surface area contributed by atoms with Gasteiger partial charge in [0.15, 0.2) is 0 Å². The van der Waals surface area contributed by atoms with E-state index in [1.807, 2.05) is 37.9 Å². The van der Waals surface area contributed by atoms with Crippen molar-refractivity contribution in [3.05, 3.63) is 52.0 Å². The number of benzene rings is 2. The quantitative estimate of drug-likeness (QED) is 0.640. The summed E-state index contributed by atoms with van der Waals surface area (Å²) in [6.07, 6.45) is 0. The van der Waals surface area contributed by atoms with E-state index in [1.165, 1.54) is 26.2 Å². The summed E-state index contributed by atoms with van der Waals surface area (Å²) in [5.74, 6) is 0.614. The fraction of sp³-hybridized carbons (Fsp3) is 0.409. The number of hydrogen-bond acceptors (Lipinski definition) is 5. The molecule has 2 aromatic carbocycles. The van der Waals surface area contributed by atoms with Gasteiger partial charge in [0.2, 0.25) is 15.9 Å². The molecule has 9 heteroatoms. The Hall–Kier alpha value is -2.13. The molecule has 2 aromatic rings. The summed E-state index contributed by atoms with van der Waals surface area (Å²) in [4.78, 5) is 14.7. The number of carbonyl (C=O) groups excluding carboxylic acids is 1. The largest absolute Gasteiger partial charge is 0.496 e. The lowest BCUT2D eigenvalue weighted by Crippen LogP contribution is -2.39. The molecule has 31 heavy (non-hydrogen) atoms. The highest BCUT2D eigenvalue weighted by Crippen LogP contribution is 2.27. The molecule has 0 aliphatic carbocycles. The topological polar surface area (TPSA) is 79.0 Å². The van der Waals surface area contributed by atoms with E-state index >= 15 is 0 Å². The predicted molar refractivity (Wildman–Crippen MR) is 124 cm³/mol. The lowest BCUT2D eigenvalue weighted by molar-refractivity contribution is -0.120. The Morgan fingerprint density at radius 3 is 2.23 bits per heavy atom. The summed E-state index contributed by atoms with van der Waals surface area (Å²) in [5.41, 5.74) is 3.52. The number of amides is 1. The zero-order chi connectivity index (χ0) is 23.5. The summed E-state index contributed by atoms with van der Waals surface area (Å²) >= 11 is 6.08. The van der Waals surface area contributed by atoms with Gasteiger partial charge in [0.25, 0.3) is 0 Å². The molecular formula is C22H30ClN3O4S. The van der Waals surface area contributed by atoms with Gasteiger partial charge in [-0.1, -0.05) is 23.7 Å². The molecule has 0 aromatic heterocycles. The van der Waals surface area contributed by atoms with Gasteiger partial charge in [-0.25, -0.2) is 12.7 Å². The number of likely N-dealkylation sites (N-methyl/N-ethyl adjacent to an activating group) is 1. The Morgan fingerprint density at radius 1 is 1.13 bits per heavy atom. The van der Waals surface area contributed by atoms with Crippen molar-refractivity contribution in [3.63, 3.8) is 0 Å². The molecule has 7 nitrogen and oxygen atoms in total. The van der Waals surface area contributed by atoms with E-state index in [-0.39, 0.29) is 15.8 Å². The maximum absolute atomic E-state index is 12.8. The summed E-state index contributed by atoms with van der Waals surface area (Å²) in [7, 11) is 2.64. The van der Waals surface area contributed by atoms with Crippen LogP contribution >= 0.6 is 11.6 Å². The molecule has 1 N–H and O–H groups in total. The van der Waals surface area contributed by atoms with E-state index in [4.69, 9.17) is 16.3 Å². The highest BCUT2D eigenvalue weighted by atomic mass is 35.5. The van der Waals surface area contributed by atoms with Gasteiger partial charge in [-0.3, -0.25) is 9.69 Å². The smallest absolute Gasteiger partial charge is 0.244 e. The highest BCUT2D eigenvalue weighted by Gasteiger charge is 2.23. The number of aryl methyl sites for hydroxylation is 2. The van der Waals surface area contributed by atoms with E-state index in [2.05, 4.69) is 5.32 Å². The minimum absolute atomic E-state index is 0.0536. The normalized spacial score (nSPS) is 12.8. The van der Waals surface area contributed by atoms with Crippen molar-refractivity contribution in [1.29, 1.82) is 0 Å². The minimum Gasteiger partial charge on any atom is -0.496 e. The van der Waals surface area contributed by atoms with Crippen LogP contribution in [0.1, 0.15) is 23.6 Å². The van der Waals surface area contributed by atoms with Gasteiger partial charge in [-0.15, -0.1) is 0 Å². The maximum atomic E-state index is 12.8. The van der Waals surface area contributed by atoms with Gasteiger partial charge in [0, 0.05) is 26.3 Å². The van der Waals surface area contributed by atoms with Crippen molar-refractivity contribution in [1.82, 2.24) is 9.21 Å². The number of ether oxygens (including phenoxy) is 1. The second-order valence-electron chi connectivity index (χ2n) is 7.78. The van der Waals surface area contributed by atoms with Crippen LogP contribution in [0.3, 0.4) is 0 Å². The fourth-order valence-corrected chi connectivity index (χ4v) is 4.69. The van der Waals surface area contributed by atoms with E-state index in [9.17, 15) is 13.2 Å². The number of nitrogens with one attached hydrogen (secondary N) is 1. The first-order valence-corrected chi connectivity index (χ1v) is 11.6. The van der Waals surface area contributed by atoms with Crippen LogP contribution in [-0.2, 0) is 21.4 Å². The van der Waals surface area contributed by atoms with E-state index < -0.39 is 16.1 Å². The molecule has 1 amide bonds. The van der Waals surface area contributed by atoms with Gasteiger partial charge >= 0.3 is 0 Å². The lowest BCUT2D eigenvalue weighted by Gasteiger charge is -2.25. The summed E-state index contributed by atoms with van der Waals surface area (Å²) < 4.78 is 31.4. The Bertz CT molecular complexity index is 1050. The summed E-state index contributed by atoms with van der Waals surface area (Å²) in [5, 5.41) is 2.88. The molecule has 0 aliphatic rings. The maximum Gasteiger partial charge on any atom is 0.244 e. The van der Waals surface area contributed by atoms with E-state index in [0.29, 0.717) is 12.2 Å². The number of carbonyl (C=O) groups is 1. The van der Waals surface area contributed by atoms with Crippen molar-refractivity contribution in [2.75, 3.05) is 33.6 Å². The van der Waals surface area contributed by atoms with Gasteiger partial charge in [0.05, 0.1) is 18.2 Å². The Kier molecular flexibility index (Phi) is 8.10. The Morgan fingerprint density at radius 2 is 1.71 bits per heavy atom. The second kappa shape index (κ2) is 9.99. The van der Waals surface area contributed by atoms with Crippen molar-refractivity contribution in [3.8, 4) is 5.75 Å². The average Bonchev–Trinajstić information content (AvgIpc) is 2.68. The molecule has 0 saturated heterocycles. The van der Waals surface area contributed by atoms with Crippen LogP contribution in [0.15, 0.2) is 35.2 Å². The van der Waals surface area contributed by atoms with Crippen molar-refractivity contribution >= 4 is 33.2 Å². The first kappa shape index (κ1) is 25.1. The zero-order valence-electron chi connectivity index (χ0n) is 19.0. The first-order chi connectivity index (χ1) is 14.4. The number of hydrogen-bond donors (Lipinski definition) is 1. The molecule has 2 rings (SSSR count). The van der Waals surface area contributed by atoms with E-state index in [1.54, 1.807) is 20.1 Å². The summed E-state index contributed by atoms with van der Waals surface area (Å²) in [6.45, 7) is 6.35. The Labute approximate surface area is 190 Å². The molecule has 170 valence electrons. The van der Waals surface area contributed by atoms with E-state index in [0.717, 1.165) is 26.7 Å². The first-order valence-electron chi connectivity index (χ1n) is 9.75. The fourth-order valence-electron chi connectivity index (χ4n) is 3.30. The summed E-state index contributed by atoms with van der Waals surface area (Å²) in [6, 6.07) is 8.06. The van der Waals surface area contributed by atoms with Gasteiger partial charge in [-0.2, -0.15) is 0 Å². The molecule has 0 heterocycles. The van der Waals surface area contributed by atoms with Gasteiger partial charge < -0.3 is 10.1 Å². The number of sulfonamides is 1. The highest BCUT2D eigenvalue weighted by molar-refractivity contribution is 7.89. The molecule has 0 aliphatic heterocycles. The Balaban J connectivity index is 2.16. The van der Waals surface area contributed by atoms with Crippen LogP contribution in [0.25, 0.3) is 0 Å².